The number of anilines is 1. The molecule has 2 atom stereocenters. The predicted molar refractivity (Wildman–Crippen MR) is 85.6 cm³/mol. The SMILES string of the molecule is CN1C2CCC1CC(NC(=O)c1n[nH]c3cc(N)ccc13)C2. The van der Waals surface area contributed by atoms with Gasteiger partial charge in [0.15, 0.2) is 5.69 Å². The van der Waals surface area contributed by atoms with Gasteiger partial charge in [0.1, 0.15) is 0 Å². The van der Waals surface area contributed by atoms with E-state index in [-0.39, 0.29) is 11.9 Å². The first-order valence-corrected chi connectivity index (χ1v) is 7.88. The zero-order valence-corrected chi connectivity index (χ0v) is 12.7. The molecule has 2 unspecified atom stereocenters. The van der Waals surface area contributed by atoms with Crippen LogP contribution in [-0.4, -0.2) is 46.2 Å². The molecule has 1 aromatic heterocycles. The van der Waals surface area contributed by atoms with E-state index in [4.69, 9.17) is 5.73 Å². The largest absolute Gasteiger partial charge is 0.399 e. The van der Waals surface area contributed by atoms with Crippen LogP contribution in [0.2, 0.25) is 0 Å². The number of amides is 1. The predicted octanol–water partition coefficient (Wildman–Crippen LogP) is 1.50. The molecule has 0 saturated carbocycles. The Hall–Kier alpha value is -2.08. The van der Waals surface area contributed by atoms with E-state index in [9.17, 15) is 4.79 Å². The third-order valence-corrected chi connectivity index (χ3v) is 5.24. The molecule has 22 heavy (non-hydrogen) atoms. The number of hydrogen-bond acceptors (Lipinski definition) is 4. The molecule has 116 valence electrons. The Morgan fingerprint density at radius 2 is 2.09 bits per heavy atom. The van der Waals surface area contributed by atoms with E-state index < -0.39 is 0 Å². The molecule has 0 radical (unpaired) electrons. The van der Waals surface area contributed by atoms with Crippen LogP contribution in [0.15, 0.2) is 18.2 Å². The number of aromatic amines is 1. The van der Waals surface area contributed by atoms with Crippen LogP contribution in [0.5, 0.6) is 0 Å². The number of piperidine rings is 1. The molecule has 2 bridgehead atoms. The highest BCUT2D eigenvalue weighted by Gasteiger charge is 2.39. The summed E-state index contributed by atoms with van der Waals surface area (Å²) >= 11 is 0. The summed E-state index contributed by atoms with van der Waals surface area (Å²) < 4.78 is 0. The minimum atomic E-state index is -0.0926. The van der Waals surface area contributed by atoms with Crippen LogP contribution in [-0.2, 0) is 0 Å². The van der Waals surface area contributed by atoms with Crippen molar-refractivity contribution in [3.05, 3.63) is 23.9 Å². The number of carbonyl (C=O) groups is 1. The van der Waals surface area contributed by atoms with E-state index >= 15 is 0 Å². The van der Waals surface area contributed by atoms with E-state index in [1.165, 1.54) is 12.8 Å². The Morgan fingerprint density at radius 3 is 2.82 bits per heavy atom. The van der Waals surface area contributed by atoms with Crippen molar-refractivity contribution in [3.8, 4) is 0 Å². The van der Waals surface area contributed by atoms with Gasteiger partial charge in [0.25, 0.3) is 5.91 Å². The zero-order chi connectivity index (χ0) is 15.3. The molecule has 4 rings (SSSR count). The summed E-state index contributed by atoms with van der Waals surface area (Å²) in [6, 6.07) is 6.92. The molecular weight excluding hydrogens is 278 g/mol. The Morgan fingerprint density at radius 1 is 1.36 bits per heavy atom. The van der Waals surface area contributed by atoms with Crippen molar-refractivity contribution < 1.29 is 4.79 Å². The summed E-state index contributed by atoms with van der Waals surface area (Å²) in [5.41, 5.74) is 7.68. The molecule has 1 amide bonds. The summed E-state index contributed by atoms with van der Waals surface area (Å²) in [7, 11) is 2.20. The summed E-state index contributed by atoms with van der Waals surface area (Å²) in [6.07, 6.45) is 4.57. The van der Waals surface area contributed by atoms with Crippen LogP contribution < -0.4 is 11.1 Å². The van der Waals surface area contributed by atoms with Gasteiger partial charge < -0.3 is 16.0 Å². The lowest BCUT2D eigenvalue weighted by molar-refractivity contribution is 0.0879. The highest BCUT2D eigenvalue weighted by atomic mass is 16.2. The molecule has 2 aromatic rings. The van der Waals surface area contributed by atoms with Crippen molar-refractivity contribution in [2.45, 2.75) is 43.8 Å². The molecule has 6 heteroatoms. The first kappa shape index (κ1) is 13.6. The summed E-state index contributed by atoms with van der Waals surface area (Å²) in [5, 5.41) is 11.0. The van der Waals surface area contributed by atoms with E-state index in [2.05, 4.69) is 27.5 Å². The fourth-order valence-corrected chi connectivity index (χ4v) is 3.99. The normalized spacial score (nSPS) is 28.1. The topological polar surface area (TPSA) is 87.0 Å². The lowest BCUT2D eigenvalue weighted by Crippen LogP contribution is -2.48. The Kier molecular flexibility index (Phi) is 3.07. The molecule has 2 saturated heterocycles. The van der Waals surface area contributed by atoms with Crippen LogP contribution in [0.4, 0.5) is 5.69 Å². The lowest BCUT2D eigenvalue weighted by Gasteiger charge is -2.36. The quantitative estimate of drug-likeness (QED) is 0.733. The molecule has 2 fully saturated rings. The highest BCUT2D eigenvalue weighted by molar-refractivity contribution is 6.05. The second-order valence-electron chi connectivity index (χ2n) is 6.57. The molecule has 3 heterocycles. The van der Waals surface area contributed by atoms with Gasteiger partial charge in [-0.3, -0.25) is 9.89 Å². The minimum Gasteiger partial charge on any atom is -0.399 e. The van der Waals surface area contributed by atoms with Crippen molar-refractivity contribution >= 4 is 22.5 Å². The molecule has 1 aromatic carbocycles. The Labute approximate surface area is 129 Å². The molecular formula is C16H21N5O. The average Bonchev–Trinajstić information content (AvgIpc) is 2.97. The van der Waals surface area contributed by atoms with E-state index in [1.54, 1.807) is 12.1 Å². The zero-order valence-electron chi connectivity index (χ0n) is 12.7. The number of rotatable bonds is 2. The minimum absolute atomic E-state index is 0.0926. The third kappa shape index (κ3) is 2.14. The van der Waals surface area contributed by atoms with Gasteiger partial charge >= 0.3 is 0 Å². The fraction of sp³-hybridized carbons (Fsp3) is 0.500. The third-order valence-electron chi connectivity index (χ3n) is 5.24. The van der Waals surface area contributed by atoms with Crippen molar-refractivity contribution in [3.63, 3.8) is 0 Å². The van der Waals surface area contributed by atoms with Gasteiger partial charge in [-0.25, -0.2) is 0 Å². The van der Waals surface area contributed by atoms with Crippen molar-refractivity contribution in [2.75, 3.05) is 12.8 Å². The molecule has 4 N–H and O–H groups in total. The Balaban J connectivity index is 1.52. The maximum Gasteiger partial charge on any atom is 0.272 e. The van der Waals surface area contributed by atoms with Gasteiger partial charge in [0, 0.05) is 29.2 Å². The standard InChI is InChI=1S/C16H21N5O/c1-21-11-3-4-12(21)8-10(7-11)18-16(22)15-13-5-2-9(17)6-14(13)19-20-15/h2,5-6,10-12H,3-4,7-8,17H2,1H3,(H,18,22)(H,19,20). The number of nitrogens with one attached hydrogen (secondary N) is 2. The van der Waals surface area contributed by atoms with Crippen molar-refractivity contribution in [1.82, 2.24) is 20.4 Å². The maximum absolute atomic E-state index is 12.5. The van der Waals surface area contributed by atoms with Crippen LogP contribution in [0, 0.1) is 0 Å². The number of nitrogen functional groups attached to an aromatic ring is 1. The number of hydrogen-bond donors (Lipinski definition) is 3. The lowest BCUT2D eigenvalue weighted by atomic mass is 9.98. The number of H-pyrrole nitrogens is 1. The van der Waals surface area contributed by atoms with Crippen LogP contribution in [0.25, 0.3) is 10.9 Å². The molecule has 2 aliphatic heterocycles. The van der Waals surface area contributed by atoms with Crippen molar-refractivity contribution in [1.29, 1.82) is 0 Å². The number of nitrogens with two attached hydrogens (primary N) is 1. The number of nitrogens with zero attached hydrogens (tertiary/aromatic N) is 2. The highest BCUT2D eigenvalue weighted by Crippen LogP contribution is 2.34. The van der Waals surface area contributed by atoms with Crippen LogP contribution >= 0.6 is 0 Å². The van der Waals surface area contributed by atoms with Crippen molar-refractivity contribution in [2.24, 2.45) is 0 Å². The molecule has 6 nitrogen and oxygen atoms in total. The molecule has 0 aliphatic carbocycles. The van der Waals surface area contributed by atoms with Gasteiger partial charge in [0.2, 0.25) is 0 Å². The second kappa shape index (κ2) is 4.98. The number of fused-ring (bicyclic) bond motifs is 3. The first-order valence-electron chi connectivity index (χ1n) is 7.88. The van der Waals surface area contributed by atoms with E-state index in [1.807, 2.05) is 6.07 Å². The summed E-state index contributed by atoms with van der Waals surface area (Å²) in [4.78, 5) is 15.0. The fourth-order valence-electron chi connectivity index (χ4n) is 3.99. The average molecular weight is 299 g/mol. The van der Waals surface area contributed by atoms with Gasteiger partial charge in [-0.15, -0.1) is 0 Å². The number of benzene rings is 1. The monoisotopic (exact) mass is 299 g/mol. The molecule has 2 aliphatic rings. The van der Waals surface area contributed by atoms with Crippen LogP contribution in [0.1, 0.15) is 36.2 Å². The smallest absolute Gasteiger partial charge is 0.272 e. The van der Waals surface area contributed by atoms with E-state index in [0.717, 1.165) is 23.7 Å². The first-order chi connectivity index (χ1) is 10.6. The number of carbonyl (C=O) groups excluding carboxylic acids is 1. The van der Waals surface area contributed by atoms with Gasteiger partial charge in [0.05, 0.1) is 5.52 Å². The maximum atomic E-state index is 12.5. The summed E-state index contributed by atoms with van der Waals surface area (Å²) in [5.74, 6) is -0.0926. The van der Waals surface area contributed by atoms with Gasteiger partial charge in [-0.05, 0) is 50.9 Å². The van der Waals surface area contributed by atoms with Gasteiger partial charge in [-0.2, -0.15) is 5.10 Å². The molecule has 0 spiro atoms. The second-order valence-corrected chi connectivity index (χ2v) is 6.57. The van der Waals surface area contributed by atoms with Crippen LogP contribution in [0.3, 0.4) is 0 Å². The summed E-state index contributed by atoms with van der Waals surface area (Å²) in [6.45, 7) is 0. The van der Waals surface area contributed by atoms with E-state index in [0.29, 0.717) is 23.5 Å². The van der Waals surface area contributed by atoms with Gasteiger partial charge in [-0.1, -0.05) is 0 Å². The number of aromatic nitrogens is 2. The Bertz CT molecular complexity index is 710.